The molecule has 3 aromatic rings. The number of nitrogens with zero attached hydrogens (tertiary/aromatic N) is 2. The van der Waals surface area contributed by atoms with Gasteiger partial charge >= 0.3 is 5.97 Å². The zero-order valence-electron chi connectivity index (χ0n) is 17.8. The number of thioether (sulfide) groups is 1. The van der Waals surface area contributed by atoms with E-state index in [2.05, 4.69) is 4.99 Å². The van der Waals surface area contributed by atoms with Crippen LogP contribution in [-0.2, 0) is 9.53 Å². The lowest BCUT2D eigenvalue weighted by molar-refractivity contribution is -0.139. The van der Waals surface area contributed by atoms with Crippen LogP contribution in [0.2, 0.25) is 5.02 Å². The molecule has 2 heterocycles. The van der Waals surface area contributed by atoms with Crippen LogP contribution in [0.1, 0.15) is 31.0 Å². The van der Waals surface area contributed by atoms with Gasteiger partial charge in [-0.25, -0.2) is 9.79 Å². The first-order valence-electron chi connectivity index (χ1n) is 10.0. The van der Waals surface area contributed by atoms with Crippen LogP contribution in [0.3, 0.4) is 0 Å². The average molecular weight is 485 g/mol. The van der Waals surface area contributed by atoms with Gasteiger partial charge < -0.3 is 4.74 Å². The topological polar surface area (TPSA) is 60.7 Å². The number of halogens is 1. The Kier molecular flexibility index (Phi) is 6.69. The van der Waals surface area contributed by atoms with Crippen molar-refractivity contribution < 1.29 is 9.53 Å². The Balaban J connectivity index is 1.92. The molecule has 0 saturated carbocycles. The van der Waals surface area contributed by atoms with Crippen LogP contribution in [0, 0.1) is 0 Å². The number of esters is 1. The van der Waals surface area contributed by atoms with Crippen LogP contribution in [0.15, 0.2) is 74.5 Å². The van der Waals surface area contributed by atoms with Gasteiger partial charge in [-0.3, -0.25) is 9.36 Å². The first-order valence-corrected chi connectivity index (χ1v) is 12.4. The molecule has 0 saturated heterocycles. The highest BCUT2D eigenvalue weighted by molar-refractivity contribution is 7.98. The zero-order chi connectivity index (χ0) is 22.8. The van der Waals surface area contributed by atoms with Gasteiger partial charge in [0.2, 0.25) is 0 Å². The lowest BCUT2D eigenvalue weighted by Gasteiger charge is -2.24. The third kappa shape index (κ3) is 4.33. The van der Waals surface area contributed by atoms with Crippen LogP contribution in [0.4, 0.5) is 0 Å². The quantitative estimate of drug-likeness (QED) is 0.403. The van der Waals surface area contributed by atoms with Gasteiger partial charge in [0.25, 0.3) is 5.56 Å². The van der Waals surface area contributed by atoms with Crippen LogP contribution < -0.4 is 14.9 Å². The maximum Gasteiger partial charge on any atom is 0.338 e. The first kappa shape index (κ1) is 22.6. The van der Waals surface area contributed by atoms with Gasteiger partial charge in [-0.1, -0.05) is 47.2 Å². The molecule has 0 fully saturated rings. The highest BCUT2D eigenvalue weighted by Gasteiger charge is 2.33. The van der Waals surface area contributed by atoms with Crippen LogP contribution >= 0.6 is 34.7 Å². The number of ether oxygens (including phenoxy) is 1. The Morgan fingerprint density at radius 3 is 2.53 bits per heavy atom. The minimum Gasteiger partial charge on any atom is -0.463 e. The molecule has 0 amide bonds. The van der Waals surface area contributed by atoms with E-state index < -0.39 is 12.0 Å². The van der Waals surface area contributed by atoms with E-state index in [0.29, 0.717) is 25.6 Å². The number of carbonyl (C=O) groups is 1. The second-order valence-corrected chi connectivity index (χ2v) is 9.45. The van der Waals surface area contributed by atoms with Crippen molar-refractivity contribution in [2.75, 3.05) is 12.9 Å². The summed E-state index contributed by atoms with van der Waals surface area (Å²) in [4.78, 5) is 32.6. The van der Waals surface area contributed by atoms with Gasteiger partial charge in [-0.15, -0.1) is 11.8 Å². The molecule has 1 aromatic heterocycles. The van der Waals surface area contributed by atoms with E-state index in [1.165, 1.54) is 11.3 Å². The van der Waals surface area contributed by atoms with Crippen molar-refractivity contribution >= 4 is 46.7 Å². The van der Waals surface area contributed by atoms with Crippen molar-refractivity contribution in [1.82, 2.24) is 4.57 Å². The number of allylic oxidation sites excluding steroid dienone is 1. The van der Waals surface area contributed by atoms with Gasteiger partial charge in [0, 0.05) is 9.92 Å². The lowest BCUT2D eigenvalue weighted by atomic mass is 9.96. The summed E-state index contributed by atoms with van der Waals surface area (Å²) in [7, 11) is 0. The number of fused-ring (bicyclic) bond motifs is 1. The summed E-state index contributed by atoms with van der Waals surface area (Å²) >= 11 is 9.05. The fourth-order valence-electron chi connectivity index (χ4n) is 3.60. The highest BCUT2D eigenvalue weighted by atomic mass is 35.5. The number of benzene rings is 2. The predicted molar refractivity (Wildman–Crippen MR) is 130 cm³/mol. The van der Waals surface area contributed by atoms with Crippen molar-refractivity contribution in [2.45, 2.75) is 24.8 Å². The summed E-state index contributed by atoms with van der Waals surface area (Å²) in [5.41, 5.74) is 2.40. The summed E-state index contributed by atoms with van der Waals surface area (Å²) in [6.07, 6.45) is 3.88. The monoisotopic (exact) mass is 484 g/mol. The number of carbonyl (C=O) groups excluding carboxylic acids is 1. The molecule has 0 N–H and O–H groups in total. The fraction of sp³-hybridized carbons (Fsp3) is 0.208. The number of rotatable bonds is 5. The molecule has 0 radical (unpaired) electrons. The predicted octanol–water partition coefficient (Wildman–Crippen LogP) is 4.17. The standard InChI is InChI=1S/C24H21ClN2O3S2/c1-4-30-23(29)20-14(2)26-24-27(21(20)16-7-9-17(25)10-8-16)22(28)19(32-24)13-15-5-11-18(31-3)12-6-15/h5-13,21H,4H2,1-3H3. The molecular formula is C24H21ClN2O3S2. The molecule has 5 nitrogen and oxygen atoms in total. The summed E-state index contributed by atoms with van der Waals surface area (Å²) in [5, 5.41) is 0.577. The second kappa shape index (κ2) is 9.48. The Bertz CT molecular complexity index is 1370. The Morgan fingerprint density at radius 1 is 1.22 bits per heavy atom. The number of hydrogen-bond donors (Lipinski definition) is 0. The van der Waals surface area contributed by atoms with Crippen LogP contribution in [0.25, 0.3) is 6.08 Å². The molecule has 4 rings (SSSR count). The normalized spacial score (nSPS) is 16.0. The largest absolute Gasteiger partial charge is 0.463 e. The van der Waals surface area contributed by atoms with E-state index in [0.717, 1.165) is 16.0 Å². The SMILES string of the molecule is CCOC(=O)C1=C(C)N=c2sc(=Cc3ccc(SC)cc3)c(=O)n2C1c1ccc(Cl)cc1. The van der Waals surface area contributed by atoms with Gasteiger partial charge in [0.15, 0.2) is 4.80 Å². The molecule has 8 heteroatoms. The van der Waals surface area contributed by atoms with Crippen molar-refractivity contribution in [3.05, 3.63) is 95.6 Å². The summed E-state index contributed by atoms with van der Waals surface area (Å²) < 4.78 is 7.43. The minimum atomic E-state index is -0.636. The van der Waals surface area contributed by atoms with Crippen molar-refractivity contribution in [1.29, 1.82) is 0 Å². The second-order valence-electron chi connectivity index (χ2n) is 7.13. The number of aromatic nitrogens is 1. The van der Waals surface area contributed by atoms with Gasteiger partial charge in [-0.2, -0.15) is 0 Å². The minimum absolute atomic E-state index is 0.197. The summed E-state index contributed by atoms with van der Waals surface area (Å²) in [5.74, 6) is -0.476. The van der Waals surface area contributed by atoms with Crippen molar-refractivity contribution in [3.63, 3.8) is 0 Å². The smallest absolute Gasteiger partial charge is 0.338 e. The van der Waals surface area contributed by atoms with E-state index in [1.54, 1.807) is 42.3 Å². The van der Waals surface area contributed by atoms with Gasteiger partial charge in [0.05, 0.1) is 28.5 Å². The maximum atomic E-state index is 13.5. The molecule has 32 heavy (non-hydrogen) atoms. The van der Waals surface area contributed by atoms with Crippen LogP contribution in [-0.4, -0.2) is 23.4 Å². The first-order chi connectivity index (χ1) is 15.4. The molecule has 1 aliphatic rings. The van der Waals surface area contributed by atoms with E-state index in [1.807, 2.05) is 48.7 Å². The summed E-state index contributed by atoms with van der Waals surface area (Å²) in [6, 6.07) is 14.5. The molecule has 1 aliphatic heterocycles. The van der Waals surface area contributed by atoms with Crippen molar-refractivity contribution in [2.24, 2.45) is 4.99 Å². The van der Waals surface area contributed by atoms with E-state index in [-0.39, 0.29) is 12.2 Å². The molecule has 0 spiro atoms. The van der Waals surface area contributed by atoms with E-state index in [9.17, 15) is 9.59 Å². The van der Waals surface area contributed by atoms with E-state index >= 15 is 0 Å². The van der Waals surface area contributed by atoms with Crippen molar-refractivity contribution in [3.8, 4) is 0 Å². The third-order valence-corrected chi connectivity index (χ3v) is 7.09. The molecule has 0 aliphatic carbocycles. The average Bonchev–Trinajstić information content (AvgIpc) is 3.08. The third-order valence-electron chi connectivity index (χ3n) is 5.12. The van der Waals surface area contributed by atoms with Gasteiger partial charge in [0.1, 0.15) is 0 Å². The molecule has 1 atom stereocenters. The molecular weight excluding hydrogens is 464 g/mol. The van der Waals surface area contributed by atoms with Gasteiger partial charge in [-0.05, 0) is 61.6 Å². The Morgan fingerprint density at radius 2 is 1.91 bits per heavy atom. The number of hydrogen-bond acceptors (Lipinski definition) is 6. The molecule has 2 aromatic carbocycles. The molecule has 0 bridgehead atoms. The summed E-state index contributed by atoms with van der Waals surface area (Å²) in [6.45, 7) is 3.76. The Labute approximate surface area is 198 Å². The van der Waals surface area contributed by atoms with Crippen LogP contribution in [0.5, 0.6) is 0 Å². The fourth-order valence-corrected chi connectivity index (χ4v) is 5.18. The lowest BCUT2D eigenvalue weighted by Crippen LogP contribution is -2.39. The zero-order valence-corrected chi connectivity index (χ0v) is 20.2. The molecule has 164 valence electrons. The van der Waals surface area contributed by atoms with E-state index in [4.69, 9.17) is 16.3 Å². The number of thiazole rings is 1. The maximum absolute atomic E-state index is 13.5. The highest BCUT2D eigenvalue weighted by Crippen LogP contribution is 2.31. The Hall–Kier alpha value is -2.61. The molecule has 1 unspecified atom stereocenters.